The minimum atomic E-state index is -0.723. The largest absolute Gasteiger partial charge is 0.497 e. The van der Waals surface area contributed by atoms with E-state index in [-0.39, 0.29) is 17.1 Å². The molecular weight excluding hydrogens is 332 g/mol. The molecule has 1 aromatic carbocycles. The van der Waals surface area contributed by atoms with Gasteiger partial charge in [0, 0.05) is 26.6 Å². The molecule has 0 radical (unpaired) electrons. The Kier molecular flexibility index (Phi) is 4.08. The van der Waals surface area contributed by atoms with Crippen molar-refractivity contribution >= 4 is 27.7 Å². The van der Waals surface area contributed by atoms with Crippen molar-refractivity contribution in [3.63, 3.8) is 0 Å². The average Bonchev–Trinajstić information content (AvgIpc) is 2.80. The van der Waals surface area contributed by atoms with Crippen molar-refractivity contribution in [1.29, 1.82) is 0 Å². The summed E-state index contributed by atoms with van der Waals surface area (Å²) < 4.78 is 6.25. The molecule has 2 rings (SSSR count). The zero-order valence-electron chi connectivity index (χ0n) is 10.3. The number of nitro groups is 1. The van der Waals surface area contributed by atoms with Gasteiger partial charge in [0.1, 0.15) is 12.3 Å². The van der Waals surface area contributed by atoms with Crippen molar-refractivity contribution in [2.45, 2.75) is 6.54 Å². The van der Waals surface area contributed by atoms with Crippen molar-refractivity contribution < 1.29 is 14.5 Å². The molecule has 0 amide bonds. The quantitative estimate of drug-likeness (QED) is 0.467. The second kappa shape index (κ2) is 5.78. The van der Waals surface area contributed by atoms with E-state index in [1.54, 1.807) is 24.3 Å². The highest BCUT2D eigenvalue weighted by Crippen LogP contribution is 2.15. The maximum absolute atomic E-state index is 12.0. The first-order valence-corrected chi connectivity index (χ1v) is 6.22. The van der Waals surface area contributed by atoms with Crippen LogP contribution in [0.4, 0.5) is 5.95 Å². The molecule has 20 heavy (non-hydrogen) atoms. The molecule has 9 heteroatoms. The fourth-order valence-electron chi connectivity index (χ4n) is 1.49. The summed E-state index contributed by atoms with van der Waals surface area (Å²) >= 11 is 3.02. The molecule has 0 atom stereocenters. The van der Waals surface area contributed by atoms with Crippen LogP contribution in [0.25, 0.3) is 0 Å². The van der Waals surface area contributed by atoms with E-state index in [0.29, 0.717) is 11.3 Å². The standard InChI is InChI=1S/C11H9BrN4O4/c1-20-8-4-2-7(3-5-8)9(17)6-15-10(12)13-11(14-15)16(18)19/h2-5H,6H2,1H3. The molecule has 8 nitrogen and oxygen atoms in total. The molecule has 0 spiro atoms. The number of carbonyl (C=O) groups is 1. The minimum Gasteiger partial charge on any atom is -0.497 e. The molecule has 0 saturated carbocycles. The van der Waals surface area contributed by atoms with Crippen molar-refractivity contribution in [1.82, 2.24) is 14.8 Å². The van der Waals surface area contributed by atoms with Crippen LogP contribution < -0.4 is 4.74 Å². The summed E-state index contributed by atoms with van der Waals surface area (Å²) in [5.41, 5.74) is 0.454. The Hall–Kier alpha value is -2.29. The van der Waals surface area contributed by atoms with E-state index in [2.05, 4.69) is 26.0 Å². The lowest BCUT2D eigenvalue weighted by Crippen LogP contribution is -2.12. The Labute approximate surface area is 121 Å². The molecule has 0 aliphatic heterocycles. The zero-order chi connectivity index (χ0) is 14.7. The first-order valence-electron chi connectivity index (χ1n) is 5.43. The van der Waals surface area contributed by atoms with Gasteiger partial charge in [-0.3, -0.25) is 4.79 Å². The number of nitrogens with zero attached hydrogens (tertiary/aromatic N) is 4. The molecule has 0 unspecified atom stereocenters. The van der Waals surface area contributed by atoms with Gasteiger partial charge >= 0.3 is 5.95 Å². The maximum Gasteiger partial charge on any atom is 0.492 e. The van der Waals surface area contributed by atoms with E-state index >= 15 is 0 Å². The van der Waals surface area contributed by atoms with E-state index in [1.165, 1.54) is 7.11 Å². The van der Waals surface area contributed by atoms with E-state index in [0.717, 1.165) is 4.68 Å². The van der Waals surface area contributed by atoms with Crippen LogP contribution in [0.2, 0.25) is 0 Å². The van der Waals surface area contributed by atoms with E-state index in [1.807, 2.05) is 0 Å². The normalized spacial score (nSPS) is 10.3. The van der Waals surface area contributed by atoms with Crippen LogP contribution in [0, 0.1) is 10.1 Å². The number of aromatic nitrogens is 3. The average molecular weight is 341 g/mol. The number of halogens is 1. The van der Waals surface area contributed by atoms with Gasteiger partial charge in [-0.25, -0.2) is 0 Å². The van der Waals surface area contributed by atoms with Crippen molar-refractivity contribution in [3.05, 3.63) is 44.7 Å². The lowest BCUT2D eigenvalue weighted by Gasteiger charge is -2.02. The summed E-state index contributed by atoms with van der Waals surface area (Å²) in [7, 11) is 1.53. The van der Waals surface area contributed by atoms with E-state index < -0.39 is 10.9 Å². The van der Waals surface area contributed by atoms with Crippen LogP contribution in [0.1, 0.15) is 10.4 Å². The van der Waals surface area contributed by atoms with Gasteiger partial charge < -0.3 is 14.9 Å². The first kappa shape index (κ1) is 14.1. The van der Waals surface area contributed by atoms with Gasteiger partial charge in [0.15, 0.2) is 5.78 Å². The van der Waals surface area contributed by atoms with Crippen molar-refractivity contribution in [3.8, 4) is 5.75 Å². The summed E-state index contributed by atoms with van der Waals surface area (Å²) in [4.78, 5) is 25.4. The van der Waals surface area contributed by atoms with Crippen molar-refractivity contribution in [2.24, 2.45) is 0 Å². The van der Waals surface area contributed by atoms with Crippen LogP contribution in [0.3, 0.4) is 0 Å². The van der Waals surface area contributed by atoms with Gasteiger partial charge in [-0.1, -0.05) is 0 Å². The van der Waals surface area contributed by atoms with Gasteiger partial charge in [0.2, 0.25) is 0 Å². The molecule has 0 N–H and O–H groups in total. The number of methoxy groups -OCH3 is 1. The lowest BCUT2D eigenvalue weighted by molar-refractivity contribution is -0.394. The Balaban J connectivity index is 2.16. The molecule has 0 bridgehead atoms. The number of benzene rings is 1. The highest BCUT2D eigenvalue weighted by Gasteiger charge is 2.21. The highest BCUT2D eigenvalue weighted by molar-refractivity contribution is 9.10. The van der Waals surface area contributed by atoms with Gasteiger partial charge in [0.25, 0.3) is 4.73 Å². The summed E-state index contributed by atoms with van der Waals surface area (Å²) in [6.45, 7) is -0.145. The highest BCUT2D eigenvalue weighted by atomic mass is 79.9. The smallest absolute Gasteiger partial charge is 0.492 e. The fraction of sp³-hybridized carbons (Fsp3) is 0.182. The Morgan fingerprint density at radius 1 is 1.45 bits per heavy atom. The lowest BCUT2D eigenvalue weighted by atomic mass is 10.1. The molecule has 0 saturated heterocycles. The van der Waals surface area contributed by atoms with Gasteiger partial charge in [-0.05, 0) is 34.2 Å². The van der Waals surface area contributed by atoms with Gasteiger partial charge in [-0.15, -0.1) is 0 Å². The van der Waals surface area contributed by atoms with Crippen LogP contribution in [0.5, 0.6) is 5.75 Å². The molecule has 2 aromatic rings. The topological polar surface area (TPSA) is 100 Å². The monoisotopic (exact) mass is 340 g/mol. The van der Waals surface area contributed by atoms with Gasteiger partial charge in [-0.2, -0.15) is 4.68 Å². The van der Waals surface area contributed by atoms with Crippen molar-refractivity contribution in [2.75, 3.05) is 7.11 Å². The molecule has 1 heterocycles. The maximum atomic E-state index is 12.0. The Morgan fingerprint density at radius 3 is 2.60 bits per heavy atom. The molecule has 0 fully saturated rings. The summed E-state index contributed by atoms with van der Waals surface area (Å²) in [5, 5.41) is 14.2. The molecule has 104 valence electrons. The number of ether oxygens (including phenoxy) is 1. The second-order valence-corrected chi connectivity index (χ2v) is 4.46. The zero-order valence-corrected chi connectivity index (χ0v) is 11.9. The predicted octanol–water partition coefficient (Wildman–Crippen LogP) is 1.84. The summed E-state index contributed by atoms with van der Waals surface area (Å²) in [5.74, 6) is -0.160. The summed E-state index contributed by atoms with van der Waals surface area (Å²) in [6.07, 6.45) is 0. The van der Waals surface area contributed by atoms with E-state index in [4.69, 9.17) is 4.74 Å². The number of carbonyl (C=O) groups excluding carboxylic acids is 1. The fourth-order valence-corrected chi connectivity index (χ4v) is 1.86. The summed E-state index contributed by atoms with van der Waals surface area (Å²) in [6, 6.07) is 6.54. The minimum absolute atomic E-state index is 0.131. The number of ketones is 1. The molecular formula is C11H9BrN4O4. The van der Waals surface area contributed by atoms with E-state index in [9.17, 15) is 14.9 Å². The van der Waals surface area contributed by atoms with Crippen LogP contribution in [0.15, 0.2) is 29.0 Å². The number of hydrogen-bond acceptors (Lipinski definition) is 6. The van der Waals surface area contributed by atoms with Crippen LogP contribution in [-0.4, -0.2) is 32.6 Å². The third-order valence-corrected chi connectivity index (χ3v) is 3.07. The first-order chi connectivity index (χ1) is 9.51. The molecule has 0 aliphatic carbocycles. The number of hydrogen-bond donors (Lipinski definition) is 0. The molecule has 1 aromatic heterocycles. The Morgan fingerprint density at radius 2 is 2.10 bits per heavy atom. The third kappa shape index (κ3) is 2.99. The Bertz CT molecular complexity index is 653. The number of rotatable bonds is 5. The van der Waals surface area contributed by atoms with Crippen LogP contribution >= 0.6 is 15.9 Å². The third-order valence-electron chi connectivity index (χ3n) is 2.48. The van der Waals surface area contributed by atoms with Crippen LogP contribution in [-0.2, 0) is 6.54 Å². The number of Topliss-reactive ketones (excluding diaryl/α,β-unsaturated/α-hetero) is 1. The SMILES string of the molecule is COc1ccc(C(=O)Cn2nc([N+](=O)[O-])nc2Br)cc1. The molecule has 0 aliphatic rings. The predicted molar refractivity (Wildman–Crippen MR) is 71.7 cm³/mol. The van der Waals surface area contributed by atoms with Gasteiger partial charge in [0.05, 0.1) is 7.11 Å². The second-order valence-electron chi connectivity index (χ2n) is 3.75.